The lowest BCUT2D eigenvalue weighted by atomic mass is 10.0. The predicted octanol–water partition coefficient (Wildman–Crippen LogP) is 6.34. The van der Waals surface area contributed by atoms with Gasteiger partial charge in [0, 0.05) is 19.3 Å². The third kappa shape index (κ3) is 28.9. The number of carbonyl (C=O) groups excluding carboxylic acids is 3. The van der Waals surface area contributed by atoms with Crippen LogP contribution in [0.4, 0.5) is 0 Å². The van der Waals surface area contributed by atoms with Crippen molar-refractivity contribution < 1.29 is 44.1 Å². The van der Waals surface area contributed by atoms with Crippen molar-refractivity contribution in [2.75, 3.05) is 6.54 Å². The van der Waals surface area contributed by atoms with E-state index < -0.39 is 35.9 Å². The van der Waals surface area contributed by atoms with E-state index in [2.05, 4.69) is 25.2 Å². The first-order valence-corrected chi connectivity index (χ1v) is 19.3. The summed E-state index contributed by atoms with van der Waals surface area (Å²) < 4.78 is 0. The molecule has 0 saturated heterocycles. The molecule has 0 radical (unpaired) electrons. The van der Waals surface area contributed by atoms with Crippen LogP contribution in [0.3, 0.4) is 0 Å². The van der Waals surface area contributed by atoms with Crippen LogP contribution in [0.2, 0.25) is 0 Å². The number of carboxylic acid groups (broad SMARTS) is 3. The van der Waals surface area contributed by atoms with Crippen molar-refractivity contribution in [3.63, 3.8) is 0 Å². The van der Waals surface area contributed by atoms with Crippen molar-refractivity contribution in [1.82, 2.24) is 16.0 Å². The van der Waals surface area contributed by atoms with E-state index in [-0.39, 0.29) is 49.6 Å². The molecule has 0 aliphatic carbocycles. The van der Waals surface area contributed by atoms with Crippen molar-refractivity contribution in [2.45, 2.75) is 186 Å². The normalized spacial score (nSPS) is 12.9. The molecule has 0 fully saturated rings. The van der Waals surface area contributed by atoms with Crippen molar-refractivity contribution in [2.24, 2.45) is 0 Å². The first-order chi connectivity index (χ1) is 23.5. The molecule has 0 aromatic carbocycles. The smallest absolute Gasteiger partial charge is 0.326 e. The van der Waals surface area contributed by atoms with Gasteiger partial charge in [-0.3, -0.25) is 19.2 Å². The van der Waals surface area contributed by atoms with Gasteiger partial charge in [0.1, 0.15) is 12.1 Å². The number of hydrogen-bond donors (Lipinski definition) is 6. The minimum absolute atomic E-state index is 0.0474. The molecular weight excluding hydrogens is 649 g/mol. The van der Waals surface area contributed by atoms with Gasteiger partial charge >= 0.3 is 17.9 Å². The predicted molar refractivity (Wildman–Crippen MR) is 194 cm³/mol. The van der Waals surface area contributed by atoms with E-state index in [0.29, 0.717) is 12.8 Å². The monoisotopic (exact) mass is 715 g/mol. The van der Waals surface area contributed by atoms with Crippen molar-refractivity contribution in [1.29, 1.82) is 0 Å². The fourth-order valence-corrected chi connectivity index (χ4v) is 6.11. The summed E-state index contributed by atoms with van der Waals surface area (Å²) in [5.41, 5.74) is 0.0474. The molecule has 2 amide bonds. The van der Waals surface area contributed by atoms with E-state index in [9.17, 15) is 39.0 Å². The maximum atomic E-state index is 12.4. The number of unbranched alkanes of at least 4 members (excludes halogenated alkanes) is 17. The molecule has 0 heterocycles. The fraction of sp³-hybridized carbons (Fsp3) is 0.833. The Morgan fingerprint density at radius 1 is 0.469 bits per heavy atom. The highest BCUT2D eigenvalue weighted by molar-refractivity contribution is 7.40. The van der Waals surface area contributed by atoms with Crippen molar-refractivity contribution in [3.8, 4) is 0 Å². The molecule has 0 rings (SSSR count). The Morgan fingerprint density at radius 2 is 0.816 bits per heavy atom. The fourth-order valence-electron chi connectivity index (χ4n) is 5.82. The van der Waals surface area contributed by atoms with Gasteiger partial charge in [-0.2, -0.15) is 0 Å². The molecule has 0 saturated carbocycles. The molecule has 4 atom stereocenters. The Balaban J connectivity index is 4.03. The summed E-state index contributed by atoms with van der Waals surface area (Å²) in [5, 5.41) is 35.8. The van der Waals surface area contributed by atoms with Crippen LogP contribution in [0, 0.1) is 0 Å². The summed E-state index contributed by atoms with van der Waals surface area (Å²) in [4.78, 5) is 70.2. The van der Waals surface area contributed by atoms with Gasteiger partial charge in [0.2, 0.25) is 11.8 Å². The van der Waals surface area contributed by atoms with Crippen molar-refractivity contribution in [3.05, 3.63) is 0 Å². The number of hydrogen-bond acceptors (Lipinski definition) is 7. The molecule has 0 spiro atoms. The zero-order valence-electron chi connectivity index (χ0n) is 30.0. The van der Waals surface area contributed by atoms with E-state index >= 15 is 0 Å². The van der Waals surface area contributed by atoms with Gasteiger partial charge in [-0.05, 0) is 38.6 Å². The molecule has 12 nitrogen and oxygen atoms in total. The van der Waals surface area contributed by atoms with Crippen molar-refractivity contribution >= 4 is 44.5 Å². The summed E-state index contributed by atoms with van der Waals surface area (Å²) in [6.45, 7) is 2.68. The molecule has 0 aliphatic rings. The van der Waals surface area contributed by atoms with E-state index in [4.69, 9.17) is 5.11 Å². The summed E-state index contributed by atoms with van der Waals surface area (Å²) >= 11 is 0. The second-order valence-corrected chi connectivity index (χ2v) is 13.7. The number of aliphatic carboxylic acids is 3. The Hall–Kier alpha value is -2.59. The maximum absolute atomic E-state index is 12.4. The number of likely N-dealkylation sites (N-methyl/N-ethyl adjacent to an activating group) is 1. The summed E-state index contributed by atoms with van der Waals surface area (Å²) in [6, 6.07) is -2.43. The molecular formula is C36H66N3O9P. The zero-order chi connectivity index (χ0) is 36.7. The maximum Gasteiger partial charge on any atom is 0.326 e. The van der Waals surface area contributed by atoms with Gasteiger partial charge in [0.05, 0.1) is 6.04 Å². The second-order valence-electron chi connectivity index (χ2n) is 13.2. The average Bonchev–Trinajstić information content (AvgIpc) is 3.04. The number of carbonyl (C=O) groups is 6. The number of amides is 2. The van der Waals surface area contributed by atoms with E-state index in [1.54, 1.807) is 0 Å². The van der Waals surface area contributed by atoms with Gasteiger partial charge in [-0.15, -0.1) is 0 Å². The minimum Gasteiger partial charge on any atom is -0.481 e. The van der Waals surface area contributed by atoms with Crippen LogP contribution in [0.25, 0.3) is 0 Å². The third-order valence-electron chi connectivity index (χ3n) is 8.75. The third-order valence-corrected chi connectivity index (χ3v) is 9.15. The molecule has 0 bridgehead atoms. The highest BCUT2D eigenvalue weighted by Gasteiger charge is 2.23. The first kappa shape index (κ1) is 46.4. The standard InChI is InChI=1S/C36H66N3O9P/c1-2-37-30(36(48)49)23-19-15-13-14-18-22-28(34(44)45)38-32(41)27-26-29(35(46)47)39-31(40)24-20-16-11-9-7-5-3-4-6-8-10-12-17-21-25-33(42)43/h28-30,37H,2-27,49H2,1H3,(H,38,41)(H,39,40)(H,42,43)(H,44,45)(H,46,47)/t28-,29-,30-/m0/s1. The molecule has 0 aliphatic heterocycles. The zero-order valence-corrected chi connectivity index (χ0v) is 31.1. The van der Waals surface area contributed by atoms with Crippen LogP contribution in [0.1, 0.15) is 167 Å². The number of rotatable bonds is 35. The lowest BCUT2D eigenvalue weighted by Crippen LogP contribution is -2.43. The van der Waals surface area contributed by atoms with Gasteiger partial charge in [-0.25, -0.2) is 9.59 Å². The first-order valence-electron chi connectivity index (χ1n) is 18.8. The Labute approximate surface area is 296 Å². The average molecular weight is 716 g/mol. The molecule has 284 valence electrons. The van der Waals surface area contributed by atoms with Crippen LogP contribution in [-0.4, -0.2) is 75.2 Å². The van der Waals surface area contributed by atoms with Gasteiger partial charge in [0.15, 0.2) is 5.52 Å². The Bertz CT molecular complexity index is 951. The highest BCUT2D eigenvalue weighted by atomic mass is 31.0. The van der Waals surface area contributed by atoms with Gasteiger partial charge in [-0.1, -0.05) is 125 Å². The molecule has 0 aromatic rings. The van der Waals surface area contributed by atoms with Crippen LogP contribution >= 0.6 is 9.24 Å². The van der Waals surface area contributed by atoms with Gasteiger partial charge in [0.25, 0.3) is 0 Å². The van der Waals surface area contributed by atoms with Crippen LogP contribution < -0.4 is 16.0 Å². The Kier molecular flexibility index (Phi) is 29.7. The Morgan fingerprint density at radius 3 is 1.20 bits per heavy atom. The molecule has 49 heavy (non-hydrogen) atoms. The highest BCUT2D eigenvalue weighted by Crippen LogP contribution is 2.15. The van der Waals surface area contributed by atoms with Crippen LogP contribution in [0.5, 0.6) is 0 Å². The molecule has 0 aromatic heterocycles. The van der Waals surface area contributed by atoms with Crippen LogP contribution in [0.15, 0.2) is 0 Å². The van der Waals surface area contributed by atoms with Crippen LogP contribution in [-0.2, 0) is 28.8 Å². The minimum atomic E-state index is -1.23. The number of nitrogens with one attached hydrogen (secondary N) is 3. The van der Waals surface area contributed by atoms with E-state index in [0.717, 1.165) is 83.6 Å². The molecule has 1 unspecified atom stereocenters. The van der Waals surface area contributed by atoms with Gasteiger partial charge < -0.3 is 31.3 Å². The summed E-state index contributed by atoms with van der Waals surface area (Å²) in [7, 11) is 2.22. The summed E-state index contributed by atoms with van der Waals surface area (Å²) in [5.74, 6) is -4.01. The SMILES string of the molecule is CCN[C@@H](CCCCCCC[C@H](NC(=O)CC[C@H](NC(=O)CCCCCCCCCCCCCCCCC(=O)O)C(=O)O)C(=O)O)C(=O)P. The van der Waals surface area contributed by atoms with E-state index in [1.807, 2.05) is 6.92 Å². The molecule has 13 heteroatoms. The quantitative estimate of drug-likeness (QED) is 0.0318. The molecule has 6 N–H and O–H groups in total. The lowest BCUT2D eigenvalue weighted by molar-refractivity contribution is -0.143. The largest absolute Gasteiger partial charge is 0.481 e. The summed E-state index contributed by atoms with van der Waals surface area (Å²) in [6.07, 6.45) is 20.3. The van der Waals surface area contributed by atoms with E-state index in [1.165, 1.54) is 38.5 Å². The second kappa shape index (κ2) is 31.4. The number of carboxylic acids is 3. The lowest BCUT2D eigenvalue weighted by Gasteiger charge is -2.17. The topological polar surface area (TPSA) is 199 Å².